The molecule has 3 aromatic rings. The Labute approximate surface area is 168 Å². The molecule has 3 rings (SSSR count). The van der Waals surface area contributed by atoms with Gasteiger partial charge in [0.2, 0.25) is 0 Å². The third-order valence-electron chi connectivity index (χ3n) is 4.14. The zero-order chi connectivity index (χ0) is 21.0. The Morgan fingerprint density at radius 2 is 1.83 bits per heavy atom. The van der Waals surface area contributed by atoms with E-state index in [9.17, 15) is 13.0 Å². The number of pyridine rings is 1. The fraction of sp³-hybridized carbons (Fsp3) is 0. The van der Waals surface area contributed by atoms with E-state index < -0.39 is 10.1 Å². The lowest BCUT2D eigenvalue weighted by molar-refractivity contribution is 0.484. The average Bonchev–Trinajstić information content (AvgIpc) is 2.71. The fourth-order valence-corrected chi connectivity index (χ4v) is 3.48. The summed E-state index contributed by atoms with van der Waals surface area (Å²) in [5.41, 5.74) is 8.45. The Bertz CT molecular complexity index is 1260. The van der Waals surface area contributed by atoms with Gasteiger partial charge in [-0.05, 0) is 23.8 Å². The maximum Gasteiger partial charge on any atom is 0.295 e. The second kappa shape index (κ2) is 8.17. The number of azo groups is 1. The molecule has 0 saturated carbocycles. The first kappa shape index (κ1) is 20.1. The highest BCUT2D eigenvalue weighted by molar-refractivity contribution is 7.86. The number of allylic oxidation sites excluding steroid dienone is 4. The molecule has 0 radical (unpaired) electrons. The Morgan fingerprint density at radius 3 is 2.41 bits per heavy atom. The molecule has 0 aliphatic rings. The van der Waals surface area contributed by atoms with Crippen LogP contribution in [0.1, 0.15) is 5.69 Å². The molecule has 1 aromatic heterocycles. The summed E-state index contributed by atoms with van der Waals surface area (Å²) in [6.07, 6.45) is 6.60. The number of nitrogens with two attached hydrogens (primary N) is 1. The van der Waals surface area contributed by atoms with Crippen molar-refractivity contribution in [2.75, 3.05) is 5.73 Å². The predicted octanol–water partition coefficient (Wildman–Crippen LogP) is 5.23. The molecule has 7 nitrogen and oxygen atoms in total. The Kier molecular flexibility index (Phi) is 5.67. The van der Waals surface area contributed by atoms with Crippen molar-refractivity contribution in [1.29, 1.82) is 0 Å². The van der Waals surface area contributed by atoms with E-state index in [0.29, 0.717) is 22.2 Å². The lowest BCUT2D eigenvalue weighted by Crippen LogP contribution is -2.01. The van der Waals surface area contributed by atoms with Gasteiger partial charge < -0.3 is 5.73 Å². The van der Waals surface area contributed by atoms with Crippen molar-refractivity contribution in [2.24, 2.45) is 10.2 Å². The van der Waals surface area contributed by atoms with Crippen LogP contribution in [-0.4, -0.2) is 18.0 Å². The molecule has 2 aromatic carbocycles. The highest BCUT2D eigenvalue weighted by Gasteiger charge is 2.18. The largest absolute Gasteiger partial charge is 0.396 e. The zero-order valence-electron chi connectivity index (χ0n) is 15.4. The van der Waals surface area contributed by atoms with E-state index in [1.54, 1.807) is 54.6 Å². The van der Waals surface area contributed by atoms with Crippen LogP contribution < -0.4 is 5.73 Å². The van der Waals surface area contributed by atoms with Gasteiger partial charge in [0, 0.05) is 10.8 Å². The highest BCUT2D eigenvalue weighted by Crippen LogP contribution is 2.36. The van der Waals surface area contributed by atoms with E-state index in [4.69, 9.17) is 5.73 Å². The molecular formula is C21H18N4O3S. The molecule has 1 heterocycles. The lowest BCUT2D eigenvalue weighted by Gasteiger charge is -2.09. The summed E-state index contributed by atoms with van der Waals surface area (Å²) < 4.78 is 33.1. The van der Waals surface area contributed by atoms with Crippen LogP contribution in [0.4, 0.5) is 17.1 Å². The Balaban J connectivity index is 2.03. The average molecular weight is 406 g/mol. The molecule has 146 valence electrons. The minimum Gasteiger partial charge on any atom is -0.396 e. The molecule has 0 atom stereocenters. The second-order valence-electron chi connectivity index (χ2n) is 5.99. The van der Waals surface area contributed by atoms with Gasteiger partial charge >= 0.3 is 0 Å². The molecule has 0 unspecified atom stereocenters. The van der Waals surface area contributed by atoms with E-state index in [2.05, 4.69) is 28.4 Å². The van der Waals surface area contributed by atoms with E-state index in [-0.39, 0.29) is 16.3 Å². The van der Waals surface area contributed by atoms with Crippen molar-refractivity contribution >= 4 is 43.5 Å². The van der Waals surface area contributed by atoms with Crippen molar-refractivity contribution in [3.63, 3.8) is 0 Å². The highest BCUT2D eigenvalue weighted by atomic mass is 32.2. The number of benzene rings is 2. The van der Waals surface area contributed by atoms with Crippen LogP contribution in [0.5, 0.6) is 0 Å². The molecule has 0 fully saturated rings. The normalized spacial score (nSPS) is 12.4. The Morgan fingerprint density at radius 1 is 1.10 bits per heavy atom. The zero-order valence-corrected chi connectivity index (χ0v) is 16.2. The number of fused-ring (bicyclic) bond motifs is 1. The fourth-order valence-electron chi connectivity index (χ4n) is 2.76. The number of anilines is 1. The SMILES string of the molecule is C=C/C=C(\C=C)c1ccc(N=Nc2cc(S(=O)(=O)O)c3ccccc3c2N)cn1. The molecule has 8 heteroatoms. The summed E-state index contributed by atoms with van der Waals surface area (Å²) >= 11 is 0. The van der Waals surface area contributed by atoms with Gasteiger partial charge in [-0.3, -0.25) is 9.54 Å². The second-order valence-corrected chi connectivity index (χ2v) is 7.38. The minimum atomic E-state index is -4.47. The third kappa shape index (κ3) is 4.29. The number of nitrogens with zero attached hydrogens (tertiary/aromatic N) is 3. The van der Waals surface area contributed by atoms with Crippen LogP contribution in [0.15, 0.2) is 95.2 Å². The van der Waals surface area contributed by atoms with Crippen LogP contribution >= 0.6 is 0 Å². The van der Waals surface area contributed by atoms with Gasteiger partial charge in [0.05, 0.1) is 17.6 Å². The van der Waals surface area contributed by atoms with Crippen molar-refractivity contribution < 1.29 is 13.0 Å². The van der Waals surface area contributed by atoms with Crippen molar-refractivity contribution in [3.05, 3.63) is 85.7 Å². The molecule has 0 aliphatic carbocycles. The molecule has 0 spiro atoms. The van der Waals surface area contributed by atoms with Crippen molar-refractivity contribution in [1.82, 2.24) is 4.98 Å². The molecule has 3 N–H and O–H groups in total. The number of aromatic nitrogens is 1. The summed E-state index contributed by atoms with van der Waals surface area (Å²) in [7, 11) is -4.47. The standard InChI is InChI=1S/C21H18N4O3S/c1-3-7-14(4-2)18-11-10-15(13-23-18)24-25-19-12-20(29(26,27)28)16-8-5-6-9-17(16)21(19)22/h3-13H,1-2,22H2,(H,26,27,28)/b14-7+,25-24?. The summed E-state index contributed by atoms with van der Waals surface area (Å²) in [6.45, 7) is 7.39. The maximum absolute atomic E-state index is 11.8. The summed E-state index contributed by atoms with van der Waals surface area (Å²) in [6, 6.07) is 11.2. The summed E-state index contributed by atoms with van der Waals surface area (Å²) in [5.74, 6) is 0. The summed E-state index contributed by atoms with van der Waals surface area (Å²) in [4.78, 5) is 4.02. The number of rotatable bonds is 6. The van der Waals surface area contributed by atoms with Gasteiger partial charge in [-0.2, -0.15) is 8.42 Å². The molecule has 0 saturated heterocycles. The van der Waals surface area contributed by atoms with E-state index in [1.165, 1.54) is 12.3 Å². The smallest absolute Gasteiger partial charge is 0.295 e. The third-order valence-corrected chi connectivity index (χ3v) is 5.03. The number of hydrogen-bond acceptors (Lipinski definition) is 6. The number of nitrogen functional groups attached to an aromatic ring is 1. The molecule has 0 aliphatic heterocycles. The van der Waals surface area contributed by atoms with Crippen LogP contribution in [0, 0.1) is 0 Å². The predicted molar refractivity (Wildman–Crippen MR) is 115 cm³/mol. The van der Waals surface area contributed by atoms with Crippen LogP contribution in [-0.2, 0) is 10.1 Å². The van der Waals surface area contributed by atoms with Crippen molar-refractivity contribution in [2.45, 2.75) is 4.90 Å². The van der Waals surface area contributed by atoms with Crippen LogP contribution in [0.3, 0.4) is 0 Å². The Hall–Kier alpha value is -3.62. The maximum atomic E-state index is 11.8. The monoisotopic (exact) mass is 406 g/mol. The van der Waals surface area contributed by atoms with Crippen LogP contribution in [0.25, 0.3) is 16.3 Å². The van der Waals surface area contributed by atoms with E-state index in [0.717, 1.165) is 5.57 Å². The van der Waals surface area contributed by atoms with Crippen LogP contribution in [0.2, 0.25) is 0 Å². The van der Waals surface area contributed by atoms with E-state index in [1.807, 2.05) is 0 Å². The summed E-state index contributed by atoms with van der Waals surface area (Å²) in [5, 5.41) is 8.91. The van der Waals surface area contributed by atoms with Gasteiger partial charge in [-0.25, -0.2) is 0 Å². The van der Waals surface area contributed by atoms with E-state index >= 15 is 0 Å². The van der Waals surface area contributed by atoms with Gasteiger partial charge in [0.25, 0.3) is 10.1 Å². The molecule has 29 heavy (non-hydrogen) atoms. The minimum absolute atomic E-state index is 0.124. The lowest BCUT2D eigenvalue weighted by atomic mass is 10.1. The first-order valence-corrected chi connectivity index (χ1v) is 9.91. The van der Waals surface area contributed by atoms with Gasteiger partial charge in [0.15, 0.2) is 0 Å². The van der Waals surface area contributed by atoms with Gasteiger partial charge in [-0.1, -0.05) is 55.7 Å². The molecule has 0 bridgehead atoms. The topological polar surface area (TPSA) is 118 Å². The first-order chi connectivity index (χ1) is 13.8. The first-order valence-electron chi connectivity index (χ1n) is 8.47. The van der Waals surface area contributed by atoms with Crippen molar-refractivity contribution in [3.8, 4) is 0 Å². The number of hydrogen-bond donors (Lipinski definition) is 2. The molecule has 0 amide bonds. The quantitative estimate of drug-likeness (QED) is 0.251. The van der Waals surface area contributed by atoms with Gasteiger partial charge in [0.1, 0.15) is 16.3 Å². The van der Waals surface area contributed by atoms with Gasteiger partial charge in [-0.15, -0.1) is 10.2 Å². The molecular weight excluding hydrogens is 388 g/mol.